The first kappa shape index (κ1) is 21.1. The molecule has 0 bridgehead atoms. The van der Waals surface area contributed by atoms with Crippen molar-refractivity contribution in [3.63, 3.8) is 0 Å². The van der Waals surface area contributed by atoms with Crippen LogP contribution in [0.5, 0.6) is 11.5 Å². The van der Waals surface area contributed by atoms with Gasteiger partial charge in [-0.05, 0) is 67.3 Å². The monoisotopic (exact) mass is 420 g/mol. The third-order valence-electron chi connectivity index (χ3n) is 4.16. The van der Waals surface area contributed by atoms with Gasteiger partial charge in [-0.1, -0.05) is 0 Å². The summed E-state index contributed by atoms with van der Waals surface area (Å²) in [6, 6.07) is 3.58. The summed E-state index contributed by atoms with van der Waals surface area (Å²) in [5, 5.41) is 3.21. The van der Waals surface area contributed by atoms with Crippen LogP contribution in [-0.2, 0) is 0 Å². The zero-order chi connectivity index (χ0) is 16.8. The maximum absolute atomic E-state index is 12.7. The number of carbonyl (C=O) groups is 1. The van der Waals surface area contributed by atoms with Gasteiger partial charge in [-0.25, -0.2) is 0 Å². The van der Waals surface area contributed by atoms with Crippen molar-refractivity contribution in [3.8, 4) is 11.5 Å². The molecular weight excluding hydrogens is 396 g/mol. The van der Waals surface area contributed by atoms with Crippen LogP contribution in [-0.4, -0.2) is 51.2 Å². The van der Waals surface area contributed by atoms with E-state index in [1.807, 2.05) is 24.9 Å². The Morgan fingerprint density at radius 3 is 2.58 bits per heavy atom. The topological polar surface area (TPSA) is 50.8 Å². The van der Waals surface area contributed by atoms with Crippen molar-refractivity contribution in [2.24, 2.45) is 5.92 Å². The Morgan fingerprint density at radius 2 is 2.04 bits per heavy atom. The highest BCUT2D eigenvalue weighted by Crippen LogP contribution is 2.37. The molecule has 1 heterocycles. The van der Waals surface area contributed by atoms with E-state index in [2.05, 4.69) is 21.2 Å². The SMILES string of the molecule is CCOc1c(Br)cc(C(=O)N2CCC(CNC)CC2)cc1OC.Cl. The van der Waals surface area contributed by atoms with Gasteiger partial charge in [0.25, 0.3) is 5.91 Å². The molecule has 0 atom stereocenters. The van der Waals surface area contributed by atoms with Crippen LogP contribution in [0.25, 0.3) is 0 Å². The summed E-state index contributed by atoms with van der Waals surface area (Å²) < 4.78 is 11.7. The summed E-state index contributed by atoms with van der Waals surface area (Å²) >= 11 is 3.48. The van der Waals surface area contributed by atoms with Gasteiger partial charge in [-0.2, -0.15) is 0 Å². The smallest absolute Gasteiger partial charge is 0.254 e. The molecule has 1 N–H and O–H groups in total. The Morgan fingerprint density at radius 1 is 1.38 bits per heavy atom. The molecule has 0 saturated carbocycles. The Labute approximate surface area is 158 Å². The van der Waals surface area contributed by atoms with E-state index in [-0.39, 0.29) is 18.3 Å². The highest BCUT2D eigenvalue weighted by molar-refractivity contribution is 9.10. The number of nitrogens with zero attached hydrogens (tertiary/aromatic N) is 1. The maximum atomic E-state index is 12.7. The van der Waals surface area contributed by atoms with Crippen LogP contribution in [0.1, 0.15) is 30.1 Å². The molecule has 136 valence electrons. The summed E-state index contributed by atoms with van der Waals surface area (Å²) in [6.45, 7) is 5.09. The van der Waals surface area contributed by atoms with Crippen molar-refractivity contribution >= 4 is 34.2 Å². The molecule has 24 heavy (non-hydrogen) atoms. The molecule has 1 aromatic carbocycles. The average Bonchev–Trinajstić information content (AvgIpc) is 2.57. The minimum absolute atomic E-state index is 0. The van der Waals surface area contributed by atoms with Gasteiger partial charge >= 0.3 is 0 Å². The third-order valence-corrected chi connectivity index (χ3v) is 4.75. The second kappa shape index (κ2) is 10.1. The number of hydrogen-bond donors (Lipinski definition) is 1. The van der Waals surface area contributed by atoms with Gasteiger partial charge < -0.3 is 19.7 Å². The van der Waals surface area contributed by atoms with E-state index in [0.717, 1.165) is 36.9 Å². The van der Waals surface area contributed by atoms with Crippen molar-refractivity contribution < 1.29 is 14.3 Å². The summed E-state index contributed by atoms with van der Waals surface area (Å²) in [5.74, 6) is 1.93. The lowest BCUT2D eigenvalue weighted by molar-refractivity contribution is 0.0690. The normalized spacial score (nSPS) is 14.9. The second-order valence-electron chi connectivity index (χ2n) is 5.72. The third kappa shape index (κ3) is 5.01. The maximum Gasteiger partial charge on any atom is 0.254 e. The first-order valence-corrected chi connectivity index (χ1v) is 8.84. The van der Waals surface area contributed by atoms with E-state index in [1.165, 1.54) is 0 Å². The molecule has 1 aliphatic heterocycles. The fraction of sp³-hybridized carbons (Fsp3) is 0.588. The molecule has 2 rings (SSSR count). The molecular formula is C17H26BrClN2O3. The number of benzene rings is 1. The van der Waals surface area contributed by atoms with Gasteiger partial charge in [-0.3, -0.25) is 4.79 Å². The molecule has 0 spiro atoms. The number of carbonyl (C=O) groups excluding carboxylic acids is 1. The molecule has 5 nitrogen and oxygen atoms in total. The number of halogens is 2. The van der Waals surface area contributed by atoms with E-state index in [0.29, 0.717) is 29.6 Å². The van der Waals surface area contributed by atoms with Crippen LogP contribution in [0.15, 0.2) is 16.6 Å². The highest BCUT2D eigenvalue weighted by atomic mass is 79.9. The number of amides is 1. The van der Waals surface area contributed by atoms with Crippen molar-refractivity contribution in [3.05, 3.63) is 22.2 Å². The van der Waals surface area contributed by atoms with Crippen molar-refractivity contribution in [1.82, 2.24) is 10.2 Å². The number of methoxy groups -OCH3 is 1. The second-order valence-corrected chi connectivity index (χ2v) is 6.57. The van der Waals surface area contributed by atoms with Crippen LogP contribution in [0.2, 0.25) is 0 Å². The summed E-state index contributed by atoms with van der Waals surface area (Å²) in [5.41, 5.74) is 0.629. The minimum atomic E-state index is 0. The Kier molecular flexibility index (Phi) is 8.87. The number of likely N-dealkylation sites (tertiary alicyclic amines) is 1. The fourth-order valence-corrected chi connectivity index (χ4v) is 3.50. The first-order chi connectivity index (χ1) is 11.1. The molecule has 0 unspecified atom stereocenters. The first-order valence-electron chi connectivity index (χ1n) is 8.04. The minimum Gasteiger partial charge on any atom is -0.493 e. The molecule has 1 aromatic rings. The van der Waals surface area contributed by atoms with E-state index in [4.69, 9.17) is 9.47 Å². The lowest BCUT2D eigenvalue weighted by atomic mass is 9.96. The quantitative estimate of drug-likeness (QED) is 0.765. The lowest BCUT2D eigenvalue weighted by Crippen LogP contribution is -2.40. The van der Waals surface area contributed by atoms with E-state index >= 15 is 0 Å². The van der Waals surface area contributed by atoms with Crippen LogP contribution in [0.3, 0.4) is 0 Å². The molecule has 1 aliphatic rings. The van der Waals surface area contributed by atoms with Crippen molar-refractivity contribution in [2.75, 3.05) is 40.4 Å². The van der Waals surface area contributed by atoms with E-state index in [1.54, 1.807) is 13.2 Å². The van der Waals surface area contributed by atoms with Crippen molar-refractivity contribution in [2.45, 2.75) is 19.8 Å². The molecule has 1 saturated heterocycles. The van der Waals surface area contributed by atoms with Crippen molar-refractivity contribution in [1.29, 1.82) is 0 Å². The van der Waals surface area contributed by atoms with Gasteiger partial charge in [-0.15, -0.1) is 12.4 Å². The standard InChI is InChI=1S/C17H25BrN2O3.ClH/c1-4-23-16-14(18)9-13(10-15(16)22-3)17(21)20-7-5-12(6-8-20)11-19-2;/h9-10,12,19H,4-8,11H2,1-3H3;1H. The predicted molar refractivity (Wildman–Crippen MR) is 102 cm³/mol. The molecule has 1 fully saturated rings. The number of ether oxygens (including phenoxy) is 2. The van der Waals surface area contributed by atoms with Gasteiger partial charge in [0.1, 0.15) is 0 Å². The van der Waals surface area contributed by atoms with Crippen LogP contribution in [0, 0.1) is 5.92 Å². The van der Waals surface area contributed by atoms with Crippen LogP contribution in [0.4, 0.5) is 0 Å². The fourth-order valence-electron chi connectivity index (χ4n) is 2.94. The van der Waals surface area contributed by atoms with Gasteiger partial charge in [0.15, 0.2) is 11.5 Å². The Hall–Kier alpha value is -0.980. The molecule has 0 radical (unpaired) electrons. The summed E-state index contributed by atoms with van der Waals surface area (Å²) in [4.78, 5) is 14.7. The number of hydrogen-bond acceptors (Lipinski definition) is 4. The van der Waals surface area contributed by atoms with Crippen LogP contribution < -0.4 is 14.8 Å². The summed E-state index contributed by atoms with van der Waals surface area (Å²) in [6.07, 6.45) is 2.09. The molecule has 0 aromatic heterocycles. The zero-order valence-corrected chi connectivity index (χ0v) is 16.8. The molecule has 0 aliphatic carbocycles. The number of piperidine rings is 1. The average molecular weight is 422 g/mol. The number of nitrogens with one attached hydrogen (secondary N) is 1. The Balaban J connectivity index is 0.00000288. The lowest BCUT2D eigenvalue weighted by Gasteiger charge is -2.32. The molecule has 1 amide bonds. The van der Waals surface area contributed by atoms with Gasteiger partial charge in [0.05, 0.1) is 18.2 Å². The summed E-state index contributed by atoms with van der Waals surface area (Å²) in [7, 11) is 3.56. The van der Waals surface area contributed by atoms with E-state index in [9.17, 15) is 4.79 Å². The zero-order valence-electron chi connectivity index (χ0n) is 14.4. The van der Waals surface area contributed by atoms with Gasteiger partial charge in [0, 0.05) is 18.7 Å². The number of rotatable bonds is 6. The molecule has 7 heteroatoms. The highest BCUT2D eigenvalue weighted by Gasteiger charge is 2.24. The Bertz CT molecular complexity index is 549. The van der Waals surface area contributed by atoms with E-state index < -0.39 is 0 Å². The van der Waals surface area contributed by atoms with Crippen LogP contribution >= 0.6 is 28.3 Å². The largest absolute Gasteiger partial charge is 0.493 e. The van der Waals surface area contributed by atoms with Gasteiger partial charge in [0.2, 0.25) is 0 Å². The predicted octanol–water partition coefficient (Wildman–Crippen LogP) is 3.35.